The van der Waals surface area contributed by atoms with Crippen LogP contribution >= 0.6 is 0 Å². The summed E-state index contributed by atoms with van der Waals surface area (Å²) in [7, 11) is -3.51. The van der Waals surface area contributed by atoms with Crippen LogP contribution in [0.2, 0.25) is 0 Å². The average Bonchev–Trinajstić information content (AvgIpc) is 3.25. The molecule has 1 amide bonds. The van der Waals surface area contributed by atoms with Crippen LogP contribution in [0.1, 0.15) is 38.5 Å². The van der Waals surface area contributed by atoms with Gasteiger partial charge in [-0.1, -0.05) is 24.6 Å². The highest BCUT2D eigenvalue weighted by Gasteiger charge is 2.41. The van der Waals surface area contributed by atoms with E-state index < -0.39 is 10.0 Å². The maximum Gasteiger partial charge on any atom is 0.243 e. The average molecular weight is 362 g/mol. The molecular weight excluding hydrogens is 336 g/mol. The van der Waals surface area contributed by atoms with E-state index in [-0.39, 0.29) is 11.8 Å². The van der Waals surface area contributed by atoms with E-state index in [1.807, 2.05) is 0 Å². The summed E-state index contributed by atoms with van der Waals surface area (Å²) in [5.41, 5.74) is 0. The number of rotatable bonds is 4. The van der Waals surface area contributed by atoms with Gasteiger partial charge < -0.3 is 5.32 Å². The Morgan fingerprint density at radius 1 is 1.08 bits per heavy atom. The zero-order valence-corrected chi connectivity index (χ0v) is 15.2. The molecular formula is C19H26N2O3S. The van der Waals surface area contributed by atoms with Crippen molar-refractivity contribution in [2.24, 2.45) is 17.8 Å². The second-order valence-corrected chi connectivity index (χ2v) is 9.74. The van der Waals surface area contributed by atoms with Crippen LogP contribution in [0.4, 0.5) is 0 Å². The number of nitrogens with one attached hydrogen (secondary N) is 1. The van der Waals surface area contributed by atoms with E-state index in [4.69, 9.17) is 0 Å². The SMILES string of the molecule is O=C(NC1CC2CCC1C2)C1CCCN(S(=O)(=O)c2ccccc2)C1. The molecule has 136 valence electrons. The number of hydrogen-bond acceptors (Lipinski definition) is 3. The van der Waals surface area contributed by atoms with Gasteiger partial charge in [0.2, 0.25) is 15.9 Å². The van der Waals surface area contributed by atoms with Crippen molar-refractivity contribution >= 4 is 15.9 Å². The van der Waals surface area contributed by atoms with Gasteiger partial charge in [0, 0.05) is 19.1 Å². The van der Waals surface area contributed by atoms with Gasteiger partial charge in [0.1, 0.15) is 0 Å². The van der Waals surface area contributed by atoms with Crippen LogP contribution in [-0.4, -0.2) is 37.8 Å². The van der Waals surface area contributed by atoms with Gasteiger partial charge in [-0.2, -0.15) is 4.31 Å². The molecule has 2 aliphatic carbocycles. The first-order valence-electron chi connectivity index (χ1n) is 9.39. The summed E-state index contributed by atoms with van der Waals surface area (Å²) in [6.07, 6.45) is 6.41. The summed E-state index contributed by atoms with van der Waals surface area (Å²) >= 11 is 0. The van der Waals surface area contributed by atoms with Gasteiger partial charge in [0.15, 0.2) is 0 Å². The van der Waals surface area contributed by atoms with Gasteiger partial charge in [0.25, 0.3) is 0 Å². The van der Waals surface area contributed by atoms with Crippen molar-refractivity contribution < 1.29 is 13.2 Å². The van der Waals surface area contributed by atoms with Gasteiger partial charge >= 0.3 is 0 Å². The topological polar surface area (TPSA) is 66.5 Å². The number of carbonyl (C=O) groups excluding carboxylic acids is 1. The molecule has 3 fully saturated rings. The lowest BCUT2D eigenvalue weighted by Gasteiger charge is -2.32. The minimum Gasteiger partial charge on any atom is -0.353 e. The van der Waals surface area contributed by atoms with Gasteiger partial charge in [-0.15, -0.1) is 0 Å². The third kappa shape index (κ3) is 3.34. The van der Waals surface area contributed by atoms with Crippen LogP contribution in [0.3, 0.4) is 0 Å². The molecule has 1 heterocycles. The third-order valence-corrected chi connectivity index (χ3v) is 8.08. The van der Waals surface area contributed by atoms with Crippen LogP contribution in [0.25, 0.3) is 0 Å². The summed E-state index contributed by atoms with van der Waals surface area (Å²) in [5.74, 6) is 1.25. The molecule has 1 saturated heterocycles. The number of hydrogen-bond donors (Lipinski definition) is 1. The Morgan fingerprint density at radius 3 is 2.56 bits per heavy atom. The van der Waals surface area contributed by atoms with Gasteiger partial charge in [-0.25, -0.2) is 8.42 Å². The van der Waals surface area contributed by atoms with E-state index in [9.17, 15) is 13.2 Å². The second-order valence-electron chi connectivity index (χ2n) is 7.81. The molecule has 5 nitrogen and oxygen atoms in total. The maximum atomic E-state index is 12.8. The quantitative estimate of drug-likeness (QED) is 0.894. The highest BCUT2D eigenvalue weighted by atomic mass is 32.2. The van der Waals surface area contributed by atoms with Crippen LogP contribution in [0, 0.1) is 17.8 Å². The molecule has 1 N–H and O–H groups in total. The number of amides is 1. The predicted molar refractivity (Wildman–Crippen MR) is 95.3 cm³/mol. The van der Waals surface area contributed by atoms with Crippen LogP contribution in [-0.2, 0) is 14.8 Å². The van der Waals surface area contributed by atoms with Crippen molar-refractivity contribution in [2.75, 3.05) is 13.1 Å². The minimum atomic E-state index is -3.51. The summed E-state index contributed by atoms with van der Waals surface area (Å²) in [5, 5.41) is 3.23. The molecule has 4 atom stereocenters. The number of benzene rings is 1. The Hall–Kier alpha value is -1.40. The third-order valence-electron chi connectivity index (χ3n) is 6.20. The zero-order valence-electron chi connectivity index (χ0n) is 14.4. The van der Waals surface area contributed by atoms with Crippen LogP contribution in [0.5, 0.6) is 0 Å². The minimum absolute atomic E-state index is 0.0468. The maximum absolute atomic E-state index is 12.8. The molecule has 0 aromatic heterocycles. The van der Waals surface area contributed by atoms with Crippen molar-refractivity contribution in [1.29, 1.82) is 0 Å². The Bertz CT molecular complexity index is 734. The van der Waals surface area contributed by atoms with Gasteiger partial charge in [0.05, 0.1) is 10.8 Å². The Labute approximate surface area is 149 Å². The van der Waals surface area contributed by atoms with Crippen LogP contribution < -0.4 is 5.32 Å². The fourth-order valence-electron chi connectivity index (χ4n) is 4.84. The van der Waals surface area contributed by atoms with E-state index in [0.29, 0.717) is 29.9 Å². The fraction of sp³-hybridized carbons (Fsp3) is 0.632. The summed E-state index contributed by atoms with van der Waals surface area (Å²) in [4.78, 5) is 13.0. The standard InChI is InChI=1S/C19H26N2O3S/c22-19(20-18-12-14-8-9-15(18)11-14)16-5-4-10-21(13-16)25(23,24)17-6-2-1-3-7-17/h1-3,6-7,14-16,18H,4-5,8-13H2,(H,20,22). The molecule has 4 rings (SSSR count). The first kappa shape index (κ1) is 17.0. The Morgan fingerprint density at radius 2 is 1.88 bits per heavy atom. The lowest BCUT2D eigenvalue weighted by Crippen LogP contribution is -2.48. The monoisotopic (exact) mass is 362 g/mol. The number of nitrogens with zero attached hydrogens (tertiary/aromatic N) is 1. The molecule has 0 spiro atoms. The molecule has 2 bridgehead atoms. The highest BCUT2D eigenvalue weighted by Crippen LogP contribution is 2.44. The van der Waals surface area contributed by atoms with E-state index in [1.165, 1.54) is 23.6 Å². The normalized spacial score (nSPS) is 32.6. The van der Waals surface area contributed by atoms with Crippen LogP contribution in [0.15, 0.2) is 35.2 Å². The van der Waals surface area contributed by atoms with Crippen molar-refractivity contribution in [1.82, 2.24) is 9.62 Å². The molecule has 3 aliphatic rings. The summed E-state index contributed by atoms with van der Waals surface area (Å²) in [6.45, 7) is 0.791. The summed E-state index contributed by atoms with van der Waals surface area (Å²) < 4.78 is 27.1. The smallest absolute Gasteiger partial charge is 0.243 e. The molecule has 2 saturated carbocycles. The molecule has 0 radical (unpaired) electrons. The predicted octanol–water partition coefficient (Wildman–Crippen LogP) is 2.39. The molecule has 1 aromatic rings. The molecule has 25 heavy (non-hydrogen) atoms. The highest BCUT2D eigenvalue weighted by molar-refractivity contribution is 7.89. The van der Waals surface area contributed by atoms with Crippen molar-refractivity contribution in [3.63, 3.8) is 0 Å². The molecule has 4 unspecified atom stereocenters. The van der Waals surface area contributed by atoms with Crippen molar-refractivity contribution in [2.45, 2.75) is 49.5 Å². The van der Waals surface area contributed by atoms with E-state index in [2.05, 4.69) is 5.32 Å². The van der Waals surface area contributed by atoms with E-state index in [0.717, 1.165) is 25.2 Å². The molecule has 6 heteroatoms. The lowest BCUT2D eigenvalue weighted by atomic mass is 9.93. The number of fused-ring (bicyclic) bond motifs is 2. The van der Waals surface area contributed by atoms with Crippen molar-refractivity contribution in [3.8, 4) is 0 Å². The zero-order chi connectivity index (χ0) is 17.4. The Kier molecular flexibility index (Phi) is 4.58. The fourth-order valence-corrected chi connectivity index (χ4v) is 6.38. The second kappa shape index (κ2) is 6.72. The molecule has 1 aliphatic heterocycles. The van der Waals surface area contributed by atoms with Gasteiger partial charge in [-0.05, 0) is 56.1 Å². The first-order valence-corrected chi connectivity index (χ1v) is 10.8. The van der Waals surface area contributed by atoms with E-state index >= 15 is 0 Å². The number of sulfonamides is 1. The molecule has 1 aromatic carbocycles. The van der Waals surface area contributed by atoms with E-state index in [1.54, 1.807) is 30.3 Å². The number of carbonyl (C=O) groups is 1. The Balaban J connectivity index is 1.41. The lowest BCUT2D eigenvalue weighted by molar-refractivity contribution is -0.127. The summed E-state index contributed by atoms with van der Waals surface area (Å²) in [6, 6.07) is 8.82. The number of piperidine rings is 1. The van der Waals surface area contributed by atoms with Gasteiger partial charge in [-0.3, -0.25) is 4.79 Å². The largest absolute Gasteiger partial charge is 0.353 e. The first-order chi connectivity index (χ1) is 12.0. The van der Waals surface area contributed by atoms with Crippen molar-refractivity contribution in [3.05, 3.63) is 30.3 Å².